The summed E-state index contributed by atoms with van der Waals surface area (Å²) in [5.74, 6) is 0.571. The lowest BCUT2D eigenvalue weighted by Crippen LogP contribution is -2.30. The maximum atomic E-state index is 12.3. The second-order valence-corrected chi connectivity index (χ2v) is 4.26. The minimum atomic E-state index is -0.00662. The van der Waals surface area contributed by atoms with Crippen LogP contribution in [0.2, 0.25) is 0 Å². The van der Waals surface area contributed by atoms with Crippen molar-refractivity contribution in [2.24, 2.45) is 5.73 Å². The van der Waals surface area contributed by atoms with E-state index in [4.69, 9.17) is 10.5 Å². The molecule has 4 nitrogen and oxygen atoms in total. The van der Waals surface area contributed by atoms with Gasteiger partial charge in [-0.05, 0) is 38.1 Å². The van der Waals surface area contributed by atoms with Crippen LogP contribution in [0, 0.1) is 0 Å². The van der Waals surface area contributed by atoms with Gasteiger partial charge in [0.25, 0.3) is 5.91 Å². The van der Waals surface area contributed by atoms with Crippen LogP contribution in [-0.2, 0) is 0 Å². The fourth-order valence-electron chi connectivity index (χ4n) is 1.70. The highest BCUT2D eigenvalue weighted by Crippen LogP contribution is 2.14. The van der Waals surface area contributed by atoms with Gasteiger partial charge in [0.2, 0.25) is 0 Å². The fraction of sp³-hybridized carbons (Fsp3) is 0.400. The first-order valence-electron chi connectivity index (χ1n) is 6.66. The second-order valence-electron chi connectivity index (χ2n) is 4.26. The number of carbonyl (C=O) groups is 1. The molecule has 0 saturated carbocycles. The first kappa shape index (κ1) is 19.4. The maximum absolute atomic E-state index is 12.3. The van der Waals surface area contributed by atoms with E-state index in [-0.39, 0.29) is 31.5 Å². The monoisotopic (exact) mass is 316 g/mol. The molecule has 1 aromatic rings. The number of halogens is 2. The Morgan fingerprint density at radius 3 is 2.29 bits per heavy atom. The molecule has 2 N–H and O–H groups in total. The van der Waals surface area contributed by atoms with E-state index in [1.54, 1.807) is 29.2 Å². The van der Waals surface area contributed by atoms with E-state index in [0.717, 1.165) is 0 Å². The van der Waals surface area contributed by atoms with Crippen LogP contribution >= 0.6 is 12.4 Å². The van der Waals surface area contributed by atoms with Crippen LogP contribution in [0.4, 0.5) is 4.39 Å². The van der Waals surface area contributed by atoms with Crippen LogP contribution in [0.3, 0.4) is 0 Å². The van der Waals surface area contributed by atoms with Gasteiger partial charge in [-0.2, -0.15) is 0 Å². The number of hydrogen-bond acceptors (Lipinski definition) is 3. The van der Waals surface area contributed by atoms with E-state index in [1.807, 2.05) is 13.8 Å². The van der Waals surface area contributed by atoms with E-state index in [0.29, 0.717) is 36.3 Å². The molecular weight excluding hydrogens is 295 g/mol. The van der Waals surface area contributed by atoms with Gasteiger partial charge in [-0.1, -0.05) is 0 Å². The van der Waals surface area contributed by atoms with Crippen molar-refractivity contribution in [2.45, 2.75) is 13.8 Å². The zero-order valence-corrected chi connectivity index (χ0v) is 13.2. The molecule has 0 atom stereocenters. The van der Waals surface area contributed by atoms with Gasteiger partial charge in [0.15, 0.2) is 0 Å². The molecule has 0 unspecified atom stereocenters. The van der Waals surface area contributed by atoms with Gasteiger partial charge >= 0.3 is 0 Å². The van der Waals surface area contributed by atoms with Gasteiger partial charge in [0.05, 0.1) is 6.33 Å². The van der Waals surface area contributed by atoms with Crippen LogP contribution in [0.25, 0.3) is 0 Å². The molecule has 0 radical (unpaired) electrons. The molecule has 0 aliphatic heterocycles. The summed E-state index contributed by atoms with van der Waals surface area (Å²) < 4.78 is 17.7. The molecule has 118 valence electrons. The smallest absolute Gasteiger partial charge is 0.253 e. The first-order chi connectivity index (χ1) is 9.65. The van der Waals surface area contributed by atoms with Crippen molar-refractivity contribution in [3.8, 4) is 5.75 Å². The number of hydrogen-bond donors (Lipinski definition) is 1. The summed E-state index contributed by atoms with van der Waals surface area (Å²) in [4.78, 5) is 13.8. The Morgan fingerprint density at radius 2 is 1.86 bits per heavy atom. The Labute approximate surface area is 131 Å². The third-order valence-electron chi connectivity index (χ3n) is 2.99. The Bertz CT molecular complexity index is 459. The number of carbonyl (C=O) groups excluding carboxylic acids is 1. The molecule has 0 heterocycles. The van der Waals surface area contributed by atoms with Crippen LogP contribution < -0.4 is 10.5 Å². The lowest BCUT2D eigenvalue weighted by atomic mass is 10.2. The van der Waals surface area contributed by atoms with E-state index < -0.39 is 0 Å². The molecule has 0 fully saturated rings. The zero-order chi connectivity index (χ0) is 15.0. The quantitative estimate of drug-likeness (QED) is 0.841. The summed E-state index contributed by atoms with van der Waals surface area (Å²) in [6, 6.07) is 6.81. The van der Waals surface area contributed by atoms with E-state index in [2.05, 4.69) is 0 Å². The highest BCUT2D eigenvalue weighted by atomic mass is 35.5. The summed E-state index contributed by atoms with van der Waals surface area (Å²) in [5, 5.41) is 0. The molecule has 0 aromatic heterocycles. The third-order valence-corrected chi connectivity index (χ3v) is 2.99. The van der Waals surface area contributed by atoms with Crippen LogP contribution in [-0.4, -0.2) is 37.0 Å². The van der Waals surface area contributed by atoms with Crippen molar-refractivity contribution >= 4 is 18.3 Å². The molecule has 0 saturated heterocycles. The summed E-state index contributed by atoms with van der Waals surface area (Å²) in [6.45, 7) is 5.46. The lowest BCUT2D eigenvalue weighted by molar-refractivity contribution is 0.0773. The maximum Gasteiger partial charge on any atom is 0.253 e. The summed E-state index contributed by atoms with van der Waals surface area (Å²) in [6.07, 6.45) is 0.457. The van der Waals surface area contributed by atoms with Crippen molar-refractivity contribution in [2.75, 3.05) is 26.2 Å². The topological polar surface area (TPSA) is 55.6 Å². The van der Waals surface area contributed by atoms with Gasteiger partial charge in [0, 0.05) is 30.8 Å². The van der Waals surface area contributed by atoms with E-state index in [1.165, 1.54) is 0 Å². The van der Waals surface area contributed by atoms with Crippen molar-refractivity contribution < 1.29 is 13.9 Å². The molecular formula is C15H22ClFN2O2. The Balaban J connectivity index is 0.00000400. The van der Waals surface area contributed by atoms with Crippen molar-refractivity contribution in [1.29, 1.82) is 0 Å². The molecule has 0 bridgehead atoms. The minimum Gasteiger partial charge on any atom is -0.489 e. The van der Waals surface area contributed by atoms with Crippen molar-refractivity contribution in [3.63, 3.8) is 0 Å². The lowest BCUT2D eigenvalue weighted by Gasteiger charge is -2.18. The molecule has 0 spiro atoms. The zero-order valence-electron chi connectivity index (χ0n) is 12.3. The largest absolute Gasteiger partial charge is 0.489 e. The van der Waals surface area contributed by atoms with Gasteiger partial charge in [0.1, 0.15) is 12.4 Å². The fourth-order valence-corrected chi connectivity index (χ4v) is 1.70. The van der Waals surface area contributed by atoms with Gasteiger partial charge in [-0.15, -0.1) is 12.4 Å². The molecule has 0 aliphatic rings. The molecule has 1 aromatic carbocycles. The standard InChI is InChI=1S/C15H21FN2O2.ClH/c1-3-18(4-2)15(19)13-5-7-14(8-6-13)20-11-12(9-16)10-17;/h5-9H,3-4,10-11,17H2,1-2H3;1H/b12-9+;. The number of benzene rings is 1. The van der Waals surface area contributed by atoms with Crippen LogP contribution in [0.1, 0.15) is 24.2 Å². The highest BCUT2D eigenvalue weighted by molar-refractivity contribution is 5.94. The third kappa shape index (κ3) is 5.73. The van der Waals surface area contributed by atoms with Crippen molar-refractivity contribution in [3.05, 3.63) is 41.7 Å². The molecule has 1 rings (SSSR count). The van der Waals surface area contributed by atoms with Crippen LogP contribution in [0.5, 0.6) is 5.75 Å². The highest BCUT2D eigenvalue weighted by Gasteiger charge is 2.12. The minimum absolute atomic E-state index is 0. The second kappa shape index (κ2) is 10.2. The average Bonchev–Trinajstić information content (AvgIpc) is 2.50. The summed E-state index contributed by atoms with van der Waals surface area (Å²) in [5.41, 5.74) is 6.33. The Morgan fingerprint density at radius 1 is 1.29 bits per heavy atom. The average molecular weight is 317 g/mol. The normalized spacial score (nSPS) is 10.8. The Hall–Kier alpha value is -1.59. The molecule has 0 aliphatic carbocycles. The van der Waals surface area contributed by atoms with Crippen molar-refractivity contribution in [1.82, 2.24) is 4.90 Å². The van der Waals surface area contributed by atoms with E-state index in [9.17, 15) is 9.18 Å². The number of ether oxygens (including phenoxy) is 1. The number of rotatable bonds is 7. The Kier molecular flexibility index (Phi) is 9.41. The number of nitrogens with zero attached hydrogens (tertiary/aromatic N) is 1. The van der Waals surface area contributed by atoms with Crippen LogP contribution in [0.15, 0.2) is 36.2 Å². The molecule has 21 heavy (non-hydrogen) atoms. The molecule has 1 amide bonds. The summed E-state index contributed by atoms with van der Waals surface area (Å²) >= 11 is 0. The van der Waals surface area contributed by atoms with Gasteiger partial charge in [-0.3, -0.25) is 4.79 Å². The molecule has 6 heteroatoms. The van der Waals surface area contributed by atoms with Gasteiger partial charge in [-0.25, -0.2) is 4.39 Å². The number of nitrogens with two attached hydrogens (primary N) is 1. The predicted octanol–water partition coefficient (Wildman–Crippen LogP) is 2.78. The van der Waals surface area contributed by atoms with Gasteiger partial charge < -0.3 is 15.4 Å². The summed E-state index contributed by atoms with van der Waals surface area (Å²) in [7, 11) is 0. The first-order valence-corrected chi connectivity index (χ1v) is 6.66. The number of amides is 1. The predicted molar refractivity (Wildman–Crippen MR) is 84.7 cm³/mol. The van der Waals surface area contributed by atoms with E-state index >= 15 is 0 Å². The SMILES string of the molecule is CCN(CC)C(=O)c1ccc(OC/C(=C/F)CN)cc1.Cl.